The highest BCUT2D eigenvalue weighted by atomic mass is 19.4. The number of aromatic nitrogens is 7. The minimum atomic E-state index is -4.58. The number of alkyl halides is 3. The first-order chi connectivity index (χ1) is 13.3. The van der Waals surface area contributed by atoms with E-state index in [4.69, 9.17) is 0 Å². The van der Waals surface area contributed by atoms with Gasteiger partial charge in [0.25, 0.3) is 0 Å². The third-order valence-corrected chi connectivity index (χ3v) is 3.86. The van der Waals surface area contributed by atoms with Gasteiger partial charge in [0.1, 0.15) is 6.54 Å². The van der Waals surface area contributed by atoms with Gasteiger partial charge in [-0.2, -0.15) is 28.4 Å². The Kier molecular flexibility index (Phi) is 4.09. The monoisotopic (exact) mass is 390 g/mol. The summed E-state index contributed by atoms with van der Waals surface area (Å²) in [5, 5.41) is 14.1. The van der Waals surface area contributed by atoms with Gasteiger partial charge in [-0.15, -0.1) is 5.10 Å². The molecule has 144 valence electrons. The van der Waals surface area contributed by atoms with Crippen LogP contribution in [0.3, 0.4) is 0 Å². The largest absolute Gasteiger partial charge is 0.435 e. The number of pyridine rings is 1. The summed E-state index contributed by atoms with van der Waals surface area (Å²) in [6, 6.07) is 4.69. The molecule has 4 aromatic heterocycles. The predicted octanol–water partition coefficient (Wildman–Crippen LogP) is 1.98. The summed E-state index contributed by atoms with van der Waals surface area (Å²) in [5.74, 6) is -0.344. The van der Waals surface area contributed by atoms with Gasteiger partial charge in [0.2, 0.25) is 11.9 Å². The van der Waals surface area contributed by atoms with Crippen molar-refractivity contribution in [1.29, 1.82) is 0 Å². The van der Waals surface area contributed by atoms with E-state index in [0.717, 1.165) is 4.68 Å². The Labute approximate surface area is 155 Å². The van der Waals surface area contributed by atoms with Crippen LogP contribution in [0.2, 0.25) is 0 Å². The first-order valence-corrected chi connectivity index (χ1v) is 8.04. The van der Waals surface area contributed by atoms with Crippen LogP contribution in [-0.2, 0) is 24.6 Å². The molecule has 4 aromatic rings. The number of carbonyl (C=O) groups excluding carboxylic acids is 1. The van der Waals surface area contributed by atoms with Crippen molar-refractivity contribution in [3.63, 3.8) is 0 Å². The van der Waals surface area contributed by atoms with Gasteiger partial charge in [0.15, 0.2) is 11.3 Å². The molecule has 0 aliphatic carbocycles. The van der Waals surface area contributed by atoms with Crippen molar-refractivity contribution in [1.82, 2.24) is 34.2 Å². The molecule has 9 nitrogen and oxygen atoms in total. The summed E-state index contributed by atoms with van der Waals surface area (Å²) in [6.45, 7) is -0.0154. The lowest BCUT2D eigenvalue weighted by Crippen LogP contribution is -2.19. The molecule has 0 spiro atoms. The van der Waals surface area contributed by atoms with Crippen LogP contribution in [0.4, 0.5) is 19.1 Å². The zero-order chi connectivity index (χ0) is 19.9. The van der Waals surface area contributed by atoms with Crippen LogP contribution in [0.25, 0.3) is 16.8 Å². The van der Waals surface area contributed by atoms with Crippen molar-refractivity contribution in [2.24, 2.45) is 7.05 Å². The minimum absolute atomic E-state index is 0.0154. The fourth-order valence-corrected chi connectivity index (χ4v) is 2.71. The number of nitrogens with one attached hydrogen (secondary N) is 1. The summed E-state index contributed by atoms with van der Waals surface area (Å²) >= 11 is 0. The molecule has 0 fully saturated rings. The van der Waals surface area contributed by atoms with Gasteiger partial charge in [-0.3, -0.25) is 19.5 Å². The lowest BCUT2D eigenvalue weighted by molar-refractivity contribution is -0.141. The Morgan fingerprint density at radius 2 is 2.04 bits per heavy atom. The van der Waals surface area contributed by atoms with Crippen LogP contribution in [0.15, 0.2) is 43.0 Å². The van der Waals surface area contributed by atoms with Crippen molar-refractivity contribution in [3.05, 3.63) is 48.7 Å². The molecule has 1 N–H and O–H groups in total. The summed E-state index contributed by atoms with van der Waals surface area (Å²) in [4.78, 5) is 16.1. The van der Waals surface area contributed by atoms with Crippen LogP contribution in [0.5, 0.6) is 0 Å². The Hall–Kier alpha value is -3.70. The molecule has 0 radical (unpaired) electrons. The molecule has 0 unspecified atom stereocenters. The molecule has 1 amide bonds. The molecule has 0 bridgehead atoms. The van der Waals surface area contributed by atoms with Crippen molar-refractivity contribution in [2.45, 2.75) is 12.7 Å². The third kappa shape index (κ3) is 3.43. The summed E-state index contributed by atoms with van der Waals surface area (Å²) in [6.07, 6.45) is 1.28. The molecular formula is C16H13F3N8O. The maximum Gasteiger partial charge on any atom is 0.435 e. The second-order valence-corrected chi connectivity index (χ2v) is 5.97. The molecule has 0 aliphatic heterocycles. The number of hydrogen-bond donors (Lipinski definition) is 1. The average Bonchev–Trinajstić information content (AvgIpc) is 3.32. The first-order valence-electron chi connectivity index (χ1n) is 8.04. The molecule has 0 saturated heterocycles. The van der Waals surface area contributed by atoms with Crippen LogP contribution in [0, 0.1) is 0 Å². The fraction of sp³-hybridized carbons (Fsp3) is 0.188. The SMILES string of the molecule is Cn1cc(-c2ccc3nc(NC(=O)Cn4cccn4)nn3c2)c(C(F)(F)F)n1. The van der Waals surface area contributed by atoms with Gasteiger partial charge in [-0.05, 0) is 18.2 Å². The number of halogens is 3. The van der Waals surface area contributed by atoms with Gasteiger partial charge >= 0.3 is 6.18 Å². The zero-order valence-corrected chi connectivity index (χ0v) is 14.4. The predicted molar refractivity (Wildman–Crippen MR) is 91.0 cm³/mol. The van der Waals surface area contributed by atoms with Gasteiger partial charge in [0.05, 0.1) is 0 Å². The van der Waals surface area contributed by atoms with E-state index >= 15 is 0 Å². The number of carbonyl (C=O) groups is 1. The van der Waals surface area contributed by atoms with E-state index in [1.165, 1.54) is 40.8 Å². The number of nitrogens with zero attached hydrogens (tertiary/aromatic N) is 7. The number of aryl methyl sites for hydroxylation is 1. The van der Waals surface area contributed by atoms with Gasteiger partial charge in [-0.25, -0.2) is 4.52 Å². The maximum atomic E-state index is 13.2. The van der Waals surface area contributed by atoms with Crippen molar-refractivity contribution >= 4 is 17.5 Å². The number of hydrogen-bond acceptors (Lipinski definition) is 5. The van der Waals surface area contributed by atoms with Crippen molar-refractivity contribution in [2.75, 3.05) is 5.32 Å². The lowest BCUT2D eigenvalue weighted by atomic mass is 10.1. The Bertz CT molecular complexity index is 1140. The van der Waals surface area contributed by atoms with Crippen LogP contribution in [0.1, 0.15) is 5.69 Å². The van der Waals surface area contributed by atoms with Crippen LogP contribution < -0.4 is 5.32 Å². The smallest absolute Gasteiger partial charge is 0.292 e. The van der Waals surface area contributed by atoms with Crippen LogP contribution in [-0.4, -0.2) is 40.1 Å². The molecule has 0 saturated carbocycles. The molecular weight excluding hydrogens is 377 g/mol. The highest BCUT2D eigenvalue weighted by Crippen LogP contribution is 2.35. The second kappa shape index (κ2) is 6.48. The lowest BCUT2D eigenvalue weighted by Gasteiger charge is -2.06. The number of rotatable bonds is 4. The summed E-state index contributed by atoms with van der Waals surface area (Å²) < 4.78 is 43.4. The molecule has 28 heavy (non-hydrogen) atoms. The van der Waals surface area contributed by atoms with Crippen LogP contribution >= 0.6 is 0 Å². The quantitative estimate of drug-likeness (QED) is 0.575. The van der Waals surface area contributed by atoms with E-state index in [0.29, 0.717) is 5.65 Å². The van der Waals surface area contributed by atoms with Gasteiger partial charge < -0.3 is 0 Å². The first kappa shape index (κ1) is 17.7. The summed E-state index contributed by atoms with van der Waals surface area (Å²) in [5.41, 5.74) is -0.415. The highest BCUT2D eigenvalue weighted by molar-refractivity contribution is 5.88. The average molecular weight is 390 g/mol. The second-order valence-electron chi connectivity index (χ2n) is 5.97. The van der Waals surface area contributed by atoms with E-state index in [1.807, 2.05) is 0 Å². The molecule has 4 heterocycles. The minimum Gasteiger partial charge on any atom is -0.292 e. The van der Waals surface area contributed by atoms with E-state index in [1.54, 1.807) is 18.5 Å². The highest BCUT2D eigenvalue weighted by Gasteiger charge is 2.37. The molecule has 0 aromatic carbocycles. The fourth-order valence-electron chi connectivity index (χ4n) is 2.71. The topological polar surface area (TPSA) is 94.9 Å². The zero-order valence-electron chi connectivity index (χ0n) is 14.4. The van der Waals surface area contributed by atoms with Crippen molar-refractivity contribution < 1.29 is 18.0 Å². The van der Waals surface area contributed by atoms with E-state index in [-0.39, 0.29) is 29.5 Å². The van der Waals surface area contributed by atoms with Gasteiger partial charge in [0, 0.05) is 43.0 Å². The molecule has 12 heteroatoms. The van der Waals surface area contributed by atoms with E-state index < -0.39 is 11.9 Å². The molecule has 0 aliphatic rings. The Morgan fingerprint density at radius 3 is 2.75 bits per heavy atom. The Balaban J connectivity index is 1.61. The van der Waals surface area contributed by atoms with Gasteiger partial charge in [-0.1, -0.05) is 0 Å². The maximum absolute atomic E-state index is 13.2. The van der Waals surface area contributed by atoms with E-state index in [2.05, 4.69) is 25.6 Å². The standard InChI is InChI=1S/C16H13F3N8O/c1-25-8-11(14(23-25)16(17,18)19)10-3-4-12-21-15(24-27(12)7-10)22-13(28)9-26-6-2-5-20-26/h2-8H,9H2,1H3,(H,22,24,28). The van der Waals surface area contributed by atoms with E-state index in [9.17, 15) is 18.0 Å². The Morgan fingerprint density at radius 1 is 1.21 bits per heavy atom. The van der Waals surface area contributed by atoms with Crippen molar-refractivity contribution in [3.8, 4) is 11.1 Å². The number of amides is 1. The molecule has 0 atom stereocenters. The number of anilines is 1. The number of fused-ring (bicyclic) bond motifs is 1. The summed E-state index contributed by atoms with van der Waals surface area (Å²) in [7, 11) is 1.42. The molecule has 4 rings (SSSR count). The normalized spacial score (nSPS) is 11.9. The third-order valence-electron chi connectivity index (χ3n) is 3.86.